The summed E-state index contributed by atoms with van der Waals surface area (Å²) in [4.78, 5) is 0. The van der Waals surface area contributed by atoms with E-state index in [2.05, 4.69) is 4.40 Å². The Morgan fingerprint density at radius 3 is 2.12 bits per heavy atom. The number of sulfonamides is 1. The predicted molar refractivity (Wildman–Crippen MR) is 60.7 cm³/mol. The summed E-state index contributed by atoms with van der Waals surface area (Å²) in [6, 6.07) is 5.28. The predicted octanol–water partition coefficient (Wildman–Crippen LogP) is 1.25. The minimum absolute atomic E-state index is 0.224. The molecule has 0 saturated carbocycles. The average Bonchev–Trinajstić information content (AvgIpc) is 2.16. The van der Waals surface area contributed by atoms with Crippen molar-refractivity contribution in [1.29, 1.82) is 0 Å². The van der Waals surface area contributed by atoms with E-state index in [1.165, 1.54) is 24.3 Å². The molecule has 0 bridgehead atoms. The summed E-state index contributed by atoms with van der Waals surface area (Å²) in [5.41, 5.74) is -5.79. The number of benzene rings is 1. The van der Waals surface area contributed by atoms with Crippen molar-refractivity contribution < 1.29 is 26.7 Å². The third-order valence-corrected chi connectivity index (χ3v) is 3.30. The monoisotopic (exact) mass is 378 g/mol. The summed E-state index contributed by atoms with van der Waals surface area (Å²) in [6.07, 6.45) is 0. The molecule has 0 heterocycles. The molecular weight excluding hydrogens is 374 g/mol. The topological polar surface area (TPSA) is 69.6 Å². The van der Waals surface area contributed by atoms with Gasteiger partial charge in [-0.05, 0) is 40.3 Å². The van der Waals surface area contributed by atoms with Crippen LogP contribution in [0.15, 0.2) is 28.7 Å². The fourth-order valence-electron chi connectivity index (χ4n) is 0.806. The number of hydrogen-bond donors (Lipinski definition) is 0. The fraction of sp³-hybridized carbons (Fsp3) is 0.125. The van der Waals surface area contributed by atoms with E-state index >= 15 is 0 Å². The second kappa shape index (κ2) is 4.80. The molecule has 0 aromatic heterocycles. The van der Waals surface area contributed by atoms with Crippen LogP contribution in [-0.2, 0) is 10.0 Å². The normalized spacial score (nSPS) is 13.8. The van der Waals surface area contributed by atoms with Crippen LogP contribution in [0.5, 0.6) is 0 Å². The lowest BCUT2D eigenvalue weighted by atomic mass is 10.2. The van der Waals surface area contributed by atoms with Gasteiger partial charge in [0.05, 0.1) is 0 Å². The second-order valence-electron chi connectivity index (χ2n) is 2.82. The van der Waals surface area contributed by atoms with Crippen LogP contribution in [0.1, 0.15) is 5.56 Å². The molecule has 0 spiro atoms. The molecule has 9 heteroatoms. The first-order valence-electron chi connectivity index (χ1n) is 3.98. The molecule has 0 N–H and O–H groups in total. The van der Waals surface area contributed by atoms with E-state index in [-0.39, 0.29) is 5.56 Å². The van der Waals surface area contributed by atoms with Crippen LogP contribution in [0.4, 0.5) is 13.2 Å². The Labute approximate surface area is 108 Å². The summed E-state index contributed by atoms with van der Waals surface area (Å²) in [6.45, 7) is 0. The highest BCUT2D eigenvalue weighted by Crippen LogP contribution is 2.24. The van der Waals surface area contributed by atoms with Crippen LogP contribution in [0, 0.1) is 3.57 Å². The molecular formula is C8H4F3INO3S-. The van der Waals surface area contributed by atoms with Gasteiger partial charge in [-0.2, -0.15) is 26.0 Å². The first-order chi connectivity index (χ1) is 7.63. The van der Waals surface area contributed by atoms with Gasteiger partial charge in [-0.25, -0.2) is 0 Å². The van der Waals surface area contributed by atoms with Gasteiger partial charge < -0.3 is 5.11 Å². The van der Waals surface area contributed by atoms with Crippen molar-refractivity contribution in [1.82, 2.24) is 0 Å². The third-order valence-electron chi connectivity index (χ3n) is 1.59. The van der Waals surface area contributed by atoms with Crippen LogP contribution < -0.4 is 5.11 Å². The van der Waals surface area contributed by atoms with Gasteiger partial charge in [-0.15, -0.1) is 0 Å². The van der Waals surface area contributed by atoms with Crippen molar-refractivity contribution in [2.75, 3.05) is 0 Å². The molecule has 0 saturated heterocycles. The van der Waals surface area contributed by atoms with Crippen molar-refractivity contribution in [3.63, 3.8) is 0 Å². The summed E-state index contributed by atoms with van der Waals surface area (Å²) < 4.78 is 59.9. The SMILES string of the molecule is O=S(=O)(/N=C(\[O-])c1ccc(I)cc1)C(F)(F)F. The van der Waals surface area contributed by atoms with Gasteiger partial charge in [-0.3, -0.25) is 0 Å². The highest BCUT2D eigenvalue weighted by molar-refractivity contribution is 14.1. The molecule has 0 atom stereocenters. The molecule has 0 aliphatic heterocycles. The Bertz CT molecular complexity index is 536. The van der Waals surface area contributed by atoms with Crippen molar-refractivity contribution in [3.05, 3.63) is 33.4 Å². The van der Waals surface area contributed by atoms with Crippen molar-refractivity contribution in [2.45, 2.75) is 5.51 Å². The maximum atomic E-state index is 11.9. The molecule has 0 unspecified atom stereocenters. The largest absolute Gasteiger partial charge is 0.858 e. The Morgan fingerprint density at radius 2 is 1.71 bits per heavy atom. The highest BCUT2D eigenvalue weighted by Gasteiger charge is 2.45. The van der Waals surface area contributed by atoms with E-state index in [1.54, 1.807) is 0 Å². The Hall–Kier alpha value is -0.840. The molecule has 1 aromatic rings. The van der Waals surface area contributed by atoms with Crippen LogP contribution in [0.2, 0.25) is 0 Å². The quantitative estimate of drug-likeness (QED) is 0.442. The first-order valence-corrected chi connectivity index (χ1v) is 6.49. The lowest BCUT2D eigenvalue weighted by Crippen LogP contribution is -2.27. The van der Waals surface area contributed by atoms with Gasteiger partial charge >= 0.3 is 15.5 Å². The van der Waals surface area contributed by atoms with E-state index < -0.39 is 21.4 Å². The standard InChI is InChI=1S/C8H5F3INO3S/c9-8(10,11)17(15,16)13-7(14)5-1-3-6(12)4-2-5/h1-4H,(H,13,14)/p-1. The molecule has 1 rings (SSSR count). The number of nitrogens with zero attached hydrogens (tertiary/aromatic N) is 1. The zero-order valence-corrected chi connectivity index (χ0v) is 10.9. The van der Waals surface area contributed by atoms with E-state index in [9.17, 15) is 26.7 Å². The maximum absolute atomic E-state index is 11.9. The zero-order chi connectivity index (χ0) is 13.3. The molecule has 0 aliphatic rings. The number of hydrogen-bond acceptors (Lipinski definition) is 3. The number of rotatable bonds is 2. The van der Waals surface area contributed by atoms with Gasteiger partial charge in [0, 0.05) is 9.47 Å². The lowest BCUT2D eigenvalue weighted by molar-refractivity contribution is -0.212. The van der Waals surface area contributed by atoms with Gasteiger partial charge in [0.2, 0.25) is 0 Å². The maximum Gasteiger partial charge on any atom is 0.518 e. The zero-order valence-electron chi connectivity index (χ0n) is 7.90. The minimum Gasteiger partial charge on any atom is -0.858 e. The lowest BCUT2D eigenvalue weighted by Gasteiger charge is -2.11. The fourth-order valence-corrected chi connectivity index (χ4v) is 1.59. The highest BCUT2D eigenvalue weighted by atomic mass is 127. The molecule has 0 fully saturated rings. The number of alkyl halides is 3. The average molecular weight is 378 g/mol. The Kier molecular flexibility index (Phi) is 4.02. The Balaban J connectivity index is 3.14. The second-order valence-corrected chi connectivity index (χ2v) is 5.67. The van der Waals surface area contributed by atoms with Crippen LogP contribution in [-0.4, -0.2) is 19.8 Å². The van der Waals surface area contributed by atoms with Crippen LogP contribution in [0.3, 0.4) is 0 Å². The van der Waals surface area contributed by atoms with Crippen molar-refractivity contribution in [3.8, 4) is 0 Å². The van der Waals surface area contributed by atoms with Crippen molar-refractivity contribution in [2.24, 2.45) is 4.40 Å². The summed E-state index contributed by atoms with van der Waals surface area (Å²) in [5, 5.41) is 11.2. The Morgan fingerprint density at radius 1 is 1.24 bits per heavy atom. The molecule has 17 heavy (non-hydrogen) atoms. The van der Waals surface area contributed by atoms with Crippen LogP contribution >= 0.6 is 22.6 Å². The van der Waals surface area contributed by atoms with Gasteiger partial charge in [0.15, 0.2) is 0 Å². The van der Waals surface area contributed by atoms with Gasteiger partial charge in [0.1, 0.15) is 0 Å². The van der Waals surface area contributed by atoms with E-state index in [4.69, 9.17) is 0 Å². The minimum atomic E-state index is -5.78. The molecule has 94 valence electrons. The summed E-state index contributed by atoms with van der Waals surface area (Å²) in [5.74, 6) is -1.45. The van der Waals surface area contributed by atoms with Crippen LogP contribution in [0.25, 0.3) is 0 Å². The van der Waals surface area contributed by atoms with E-state index in [0.29, 0.717) is 0 Å². The smallest absolute Gasteiger partial charge is 0.518 e. The molecule has 0 radical (unpaired) electrons. The molecule has 0 aliphatic carbocycles. The van der Waals surface area contributed by atoms with E-state index in [1.807, 2.05) is 22.6 Å². The van der Waals surface area contributed by atoms with Gasteiger partial charge in [-0.1, -0.05) is 12.1 Å². The van der Waals surface area contributed by atoms with E-state index in [0.717, 1.165) is 3.57 Å². The first kappa shape index (κ1) is 14.2. The third kappa shape index (κ3) is 3.56. The number of halogens is 4. The molecule has 0 amide bonds. The van der Waals surface area contributed by atoms with Crippen molar-refractivity contribution >= 4 is 38.5 Å². The summed E-state index contributed by atoms with van der Waals surface area (Å²) in [7, 11) is -5.78. The summed E-state index contributed by atoms with van der Waals surface area (Å²) >= 11 is 1.92. The van der Waals surface area contributed by atoms with Gasteiger partial charge in [0.25, 0.3) is 0 Å². The molecule has 4 nitrogen and oxygen atoms in total. The molecule has 1 aromatic carbocycles.